The van der Waals surface area contributed by atoms with E-state index in [4.69, 9.17) is 19.5 Å². The highest BCUT2D eigenvalue weighted by molar-refractivity contribution is 5.86. The lowest BCUT2D eigenvalue weighted by atomic mass is 9.84. The first-order valence-corrected chi connectivity index (χ1v) is 17.3. The molecule has 3 aliphatic rings. The minimum atomic E-state index is -0.0576. The van der Waals surface area contributed by atoms with Crippen molar-refractivity contribution >= 4 is 12.4 Å². The number of nitrogens with zero attached hydrogens (tertiary/aromatic N) is 4. The lowest BCUT2D eigenvalue weighted by molar-refractivity contribution is 0.0338. The van der Waals surface area contributed by atoms with Crippen LogP contribution in [0.25, 0.3) is 0 Å². The van der Waals surface area contributed by atoms with Crippen molar-refractivity contribution < 1.29 is 19.7 Å². The highest BCUT2D eigenvalue weighted by atomic mass is 16.5. The number of aliphatic imine (C=N–C) groups is 2. The monoisotopic (exact) mass is 632 g/mol. The van der Waals surface area contributed by atoms with Gasteiger partial charge in [-0.15, -0.1) is 0 Å². The second kappa shape index (κ2) is 15.0. The number of morpholine rings is 2. The summed E-state index contributed by atoms with van der Waals surface area (Å²) < 4.78 is 11.1. The molecule has 1 aliphatic carbocycles. The molecule has 5 rings (SSSR count). The SMILES string of the molecule is CC(C)(C)c1cc(/C=N/[C@@H]2CCCC[C@H]2/N=C/c2cc(C(C)(C)C)cc(CN3CCOCC3)c2O)c(O)c(CN2CCOCC2)c1. The van der Waals surface area contributed by atoms with Crippen LogP contribution in [0.4, 0.5) is 0 Å². The van der Waals surface area contributed by atoms with Gasteiger partial charge in [-0.2, -0.15) is 0 Å². The standard InChI is InChI=1S/C38H56N4O4/c1-37(2,3)31-19-27(35(43)29(21-31)25-41-11-15-45-16-12-41)23-39-33-9-7-8-10-34(33)40-24-28-20-32(38(4,5)6)22-30(36(28)44)26-42-13-17-46-18-14-42/h19-24,33-34,43-44H,7-18,25-26H2,1-6H3/b39-23+,40-24+/t33-,34-/m1/s1. The van der Waals surface area contributed by atoms with E-state index >= 15 is 0 Å². The molecule has 2 atom stereocenters. The van der Waals surface area contributed by atoms with Crippen LogP contribution in [0.15, 0.2) is 34.3 Å². The highest BCUT2D eigenvalue weighted by Crippen LogP contribution is 2.34. The molecule has 2 N–H and O–H groups in total. The Kier molecular flexibility index (Phi) is 11.2. The molecule has 2 aliphatic heterocycles. The minimum Gasteiger partial charge on any atom is -0.507 e. The molecule has 0 spiro atoms. The molecule has 46 heavy (non-hydrogen) atoms. The third-order valence-corrected chi connectivity index (χ3v) is 9.67. The zero-order valence-corrected chi connectivity index (χ0v) is 29.0. The molecule has 0 bridgehead atoms. The first-order chi connectivity index (χ1) is 21.9. The molecule has 1 saturated carbocycles. The Hall–Kier alpha value is -2.78. The van der Waals surface area contributed by atoms with E-state index in [1.165, 1.54) is 11.1 Å². The van der Waals surface area contributed by atoms with Crippen molar-refractivity contribution in [2.24, 2.45) is 9.98 Å². The number of phenolic OH excluding ortho intramolecular Hbond substituents is 2. The summed E-state index contributed by atoms with van der Waals surface area (Å²) in [5.74, 6) is 0.631. The van der Waals surface area contributed by atoms with Crippen molar-refractivity contribution in [2.45, 2.75) is 103 Å². The van der Waals surface area contributed by atoms with E-state index in [2.05, 4.69) is 75.6 Å². The fraction of sp³-hybridized carbons (Fsp3) is 0.632. The highest BCUT2D eigenvalue weighted by Gasteiger charge is 2.26. The van der Waals surface area contributed by atoms with Crippen LogP contribution in [-0.2, 0) is 33.4 Å². The molecule has 2 aromatic rings. The maximum absolute atomic E-state index is 11.4. The second-order valence-electron chi connectivity index (χ2n) is 15.4. The third kappa shape index (κ3) is 8.97. The van der Waals surface area contributed by atoms with Crippen molar-refractivity contribution in [3.05, 3.63) is 57.6 Å². The molecule has 8 nitrogen and oxygen atoms in total. The van der Waals surface area contributed by atoms with E-state index in [1.807, 2.05) is 12.4 Å². The average molecular weight is 633 g/mol. The van der Waals surface area contributed by atoms with E-state index in [1.54, 1.807) is 0 Å². The zero-order valence-electron chi connectivity index (χ0n) is 29.0. The van der Waals surface area contributed by atoms with Gasteiger partial charge in [-0.05, 0) is 46.9 Å². The Morgan fingerprint density at radius 2 is 1.02 bits per heavy atom. The first-order valence-electron chi connectivity index (χ1n) is 17.3. The molecule has 2 saturated heterocycles. The molecule has 3 fully saturated rings. The van der Waals surface area contributed by atoms with Gasteiger partial charge in [0.15, 0.2) is 0 Å². The Bertz CT molecular complexity index is 1270. The Morgan fingerprint density at radius 1 is 0.652 bits per heavy atom. The summed E-state index contributed by atoms with van der Waals surface area (Å²) in [6.07, 6.45) is 7.88. The Balaban J connectivity index is 1.39. The van der Waals surface area contributed by atoms with Crippen molar-refractivity contribution in [3.63, 3.8) is 0 Å². The Labute approximate surface area is 276 Å². The van der Waals surface area contributed by atoms with Crippen LogP contribution < -0.4 is 0 Å². The quantitative estimate of drug-likeness (QED) is 0.337. The summed E-state index contributed by atoms with van der Waals surface area (Å²) >= 11 is 0. The van der Waals surface area contributed by atoms with E-state index in [0.29, 0.717) is 24.6 Å². The number of hydrogen-bond acceptors (Lipinski definition) is 8. The largest absolute Gasteiger partial charge is 0.507 e. The number of phenols is 2. The van der Waals surface area contributed by atoms with Crippen molar-refractivity contribution in [1.82, 2.24) is 9.80 Å². The van der Waals surface area contributed by atoms with Crippen LogP contribution in [-0.4, -0.2) is 97.1 Å². The molecule has 0 radical (unpaired) electrons. The van der Waals surface area contributed by atoms with Gasteiger partial charge in [0.1, 0.15) is 11.5 Å². The number of rotatable bonds is 8. The number of aromatic hydroxyl groups is 2. The van der Waals surface area contributed by atoms with Gasteiger partial charge >= 0.3 is 0 Å². The third-order valence-electron chi connectivity index (χ3n) is 9.67. The number of benzene rings is 2. The molecule has 2 aromatic carbocycles. The van der Waals surface area contributed by atoms with Gasteiger partial charge in [0, 0.05) is 74.0 Å². The summed E-state index contributed by atoms with van der Waals surface area (Å²) in [7, 11) is 0. The second-order valence-corrected chi connectivity index (χ2v) is 15.4. The van der Waals surface area contributed by atoms with Crippen molar-refractivity contribution in [1.29, 1.82) is 0 Å². The Morgan fingerprint density at radius 3 is 1.37 bits per heavy atom. The normalized spacial score (nSPS) is 22.7. The minimum absolute atomic E-state index is 0.0196. The van der Waals surface area contributed by atoms with E-state index < -0.39 is 0 Å². The fourth-order valence-electron chi connectivity index (χ4n) is 6.53. The molecular weight excluding hydrogens is 576 g/mol. The van der Waals surface area contributed by atoms with Gasteiger partial charge < -0.3 is 19.7 Å². The van der Waals surface area contributed by atoms with Crippen LogP contribution in [0.5, 0.6) is 11.5 Å². The average Bonchev–Trinajstić information content (AvgIpc) is 3.02. The van der Waals surface area contributed by atoms with E-state index in [9.17, 15) is 10.2 Å². The molecule has 0 unspecified atom stereocenters. The van der Waals surface area contributed by atoms with Crippen LogP contribution in [0.2, 0.25) is 0 Å². The smallest absolute Gasteiger partial charge is 0.128 e. The van der Waals surface area contributed by atoms with Gasteiger partial charge in [0.05, 0.1) is 38.5 Å². The number of ether oxygens (including phenoxy) is 2. The summed E-state index contributed by atoms with van der Waals surface area (Å²) in [4.78, 5) is 14.8. The first kappa shape index (κ1) is 34.6. The fourth-order valence-corrected chi connectivity index (χ4v) is 6.53. The summed E-state index contributed by atoms with van der Waals surface area (Å²) in [6.45, 7) is 21.0. The van der Waals surface area contributed by atoms with Crippen LogP contribution in [0.1, 0.15) is 101 Å². The summed E-state index contributed by atoms with van der Waals surface area (Å²) in [6, 6.07) is 8.53. The lowest BCUT2D eigenvalue weighted by Gasteiger charge is -2.29. The molecule has 8 heteroatoms. The van der Waals surface area contributed by atoms with Gasteiger partial charge in [-0.3, -0.25) is 19.8 Å². The van der Waals surface area contributed by atoms with Gasteiger partial charge in [0.2, 0.25) is 0 Å². The number of hydrogen-bond donors (Lipinski definition) is 2. The van der Waals surface area contributed by atoms with Gasteiger partial charge in [0.25, 0.3) is 0 Å². The zero-order chi connectivity index (χ0) is 32.9. The van der Waals surface area contributed by atoms with Gasteiger partial charge in [-0.25, -0.2) is 0 Å². The summed E-state index contributed by atoms with van der Waals surface area (Å²) in [5.41, 5.74) is 5.69. The predicted molar refractivity (Wildman–Crippen MR) is 187 cm³/mol. The molecule has 0 aromatic heterocycles. The van der Waals surface area contributed by atoms with Crippen LogP contribution >= 0.6 is 0 Å². The predicted octanol–water partition coefficient (Wildman–Crippen LogP) is 6.21. The molecular formula is C38H56N4O4. The topological polar surface area (TPSA) is 90.1 Å². The van der Waals surface area contributed by atoms with E-state index in [-0.39, 0.29) is 22.9 Å². The van der Waals surface area contributed by atoms with Gasteiger partial charge in [-0.1, -0.05) is 66.5 Å². The maximum Gasteiger partial charge on any atom is 0.128 e. The van der Waals surface area contributed by atoms with Crippen LogP contribution in [0, 0.1) is 0 Å². The molecule has 2 heterocycles. The van der Waals surface area contributed by atoms with Crippen LogP contribution in [0.3, 0.4) is 0 Å². The lowest BCUT2D eigenvalue weighted by Crippen LogP contribution is -2.35. The van der Waals surface area contributed by atoms with E-state index in [0.717, 1.165) is 101 Å². The van der Waals surface area contributed by atoms with Crippen molar-refractivity contribution in [3.8, 4) is 11.5 Å². The van der Waals surface area contributed by atoms with Crippen molar-refractivity contribution in [2.75, 3.05) is 52.6 Å². The summed E-state index contributed by atoms with van der Waals surface area (Å²) in [5, 5.41) is 22.8. The molecule has 0 amide bonds. The molecule has 252 valence electrons. The maximum atomic E-state index is 11.4.